The number of nitrogens with zero attached hydrogens (tertiary/aromatic N) is 5. The lowest BCUT2D eigenvalue weighted by Gasteiger charge is -2.24. The van der Waals surface area contributed by atoms with Gasteiger partial charge >= 0.3 is 5.97 Å². The lowest BCUT2D eigenvalue weighted by molar-refractivity contribution is -0.0548. The summed E-state index contributed by atoms with van der Waals surface area (Å²) in [7, 11) is 0. The number of benzene rings is 1. The van der Waals surface area contributed by atoms with E-state index in [0.29, 0.717) is 35.2 Å². The third-order valence-electron chi connectivity index (χ3n) is 6.66. The number of anilines is 2. The van der Waals surface area contributed by atoms with Crippen LogP contribution in [0.3, 0.4) is 0 Å². The van der Waals surface area contributed by atoms with E-state index in [9.17, 15) is 25.2 Å². The molecule has 1 aromatic carbocycles. The predicted molar refractivity (Wildman–Crippen MR) is 151 cm³/mol. The van der Waals surface area contributed by atoms with Crippen LogP contribution >= 0.6 is 11.8 Å². The number of imidazole rings is 1. The number of carbonyl (C=O) groups excluding carboxylic acids is 1. The Morgan fingerprint density at radius 2 is 1.98 bits per heavy atom. The van der Waals surface area contributed by atoms with Crippen molar-refractivity contribution in [1.29, 1.82) is 0 Å². The fourth-order valence-corrected chi connectivity index (χ4v) is 5.47. The van der Waals surface area contributed by atoms with Gasteiger partial charge in [0.05, 0.1) is 30.6 Å². The molecule has 0 spiro atoms. The van der Waals surface area contributed by atoms with Gasteiger partial charge in [0.2, 0.25) is 0 Å². The normalized spacial score (nSPS) is 21.2. The van der Waals surface area contributed by atoms with Crippen molar-refractivity contribution in [1.82, 2.24) is 19.5 Å². The minimum Gasteiger partial charge on any atom is -0.491 e. The van der Waals surface area contributed by atoms with E-state index in [1.165, 1.54) is 10.9 Å². The van der Waals surface area contributed by atoms with Gasteiger partial charge in [-0.15, -0.1) is 0 Å². The van der Waals surface area contributed by atoms with Crippen molar-refractivity contribution < 1.29 is 39.4 Å². The average molecular weight is 593 g/mol. The summed E-state index contributed by atoms with van der Waals surface area (Å²) in [5.74, 6) is 0.307. The molecule has 0 amide bonds. The maximum absolute atomic E-state index is 12.5. The topological polar surface area (TPSA) is 199 Å². The van der Waals surface area contributed by atoms with Crippen molar-refractivity contribution in [2.24, 2.45) is 0 Å². The van der Waals surface area contributed by atoms with Gasteiger partial charge < -0.3 is 45.3 Å². The average Bonchev–Trinajstić information content (AvgIpc) is 3.48. The molecule has 0 bridgehead atoms. The SMILES string of the molecule is CCOC(=O)c1ccc(OCC(O)CSc2nc3c(N)ncnc3n2[C@@H]2O[C@H](CO)[C@@H](O)[C@H]2O)cc1N(CC)CC. The zero-order valence-electron chi connectivity index (χ0n) is 23.1. The minimum atomic E-state index is -1.37. The Hall–Kier alpha value is -3.21. The van der Waals surface area contributed by atoms with Gasteiger partial charge in [0.1, 0.15) is 37.0 Å². The third kappa shape index (κ3) is 6.50. The van der Waals surface area contributed by atoms with E-state index >= 15 is 0 Å². The number of thioether (sulfide) groups is 1. The first kappa shape index (κ1) is 30.7. The number of aliphatic hydroxyl groups is 4. The molecule has 3 aromatic rings. The number of carbonyl (C=O) groups is 1. The molecule has 1 saturated heterocycles. The van der Waals surface area contributed by atoms with Crippen LogP contribution in [0.5, 0.6) is 5.75 Å². The lowest BCUT2D eigenvalue weighted by Crippen LogP contribution is -2.33. The van der Waals surface area contributed by atoms with E-state index in [-0.39, 0.29) is 35.9 Å². The lowest BCUT2D eigenvalue weighted by atomic mass is 10.1. The molecule has 1 fully saturated rings. The zero-order chi connectivity index (χ0) is 29.7. The van der Waals surface area contributed by atoms with Crippen molar-refractivity contribution in [2.75, 3.05) is 49.3 Å². The molecule has 0 aliphatic carbocycles. The monoisotopic (exact) mass is 592 g/mol. The van der Waals surface area contributed by atoms with Crippen LogP contribution in [0, 0.1) is 0 Å². The summed E-state index contributed by atoms with van der Waals surface area (Å²) < 4.78 is 18.2. The maximum Gasteiger partial charge on any atom is 0.340 e. The fourth-order valence-electron chi connectivity index (χ4n) is 4.55. The van der Waals surface area contributed by atoms with E-state index in [2.05, 4.69) is 15.0 Å². The maximum atomic E-state index is 12.5. The molecule has 15 heteroatoms. The Labute approximate surface area is 241 Å². The van der Waals surface area contributed by atoms with Gasteiger partial charge in [-0.1, -0.05) is 11.8 Å². The predicted octanol–water partition coefficient (Wildman–Crippen LogP) is 0.575. The molecule has 2 aromatic heterocycles. The number of nitrogens with two attached hydrogens (primary N) is 1. The van der Waals surface area contributed by atoms with Crippen LogP contribution < -0.4 is 15.4 Å². The summed E-state index contributed by atoms with van der Waals surface area (Å²) in [6.45, 7) is 6.79. The van der Waals surface area contributed by atoms with Gasteiger partial charge in [-0.3, -0.25) is 4.57 Å². The Bertz CT molecular complexity index is 1340. The van der Waals surface area contributed by atoms with Gasteiger partial charge in [0.15, 0.2) is 28.4 Å². The summed E-state index contributed by atoms with van der Waals surface area (Å²) in [4.78, 5) is 27.2. The molecule has 4 rings (SSSR count). The van der Waals surface area contributed by atoms with Crippen LogP contribution in [0.15, 0.2) is 29.7 Å². The van der Waals surface area contributed by atoms with E-state index in [0.717, 1.165) is 11.8 Å². The zero-order valence-corrected chi connectivity index (χ0v) is 23.9. The molecule has 1 aliphatic heterocycles. The summed E-state index contributed by atoms with van der Waals surface area (Å²) in [5, 5.41) is 41.5. The number of hydrogen-bond donors (Lipinski definition) is 5. The summed E-state index contributed by atoms with van der Waals surface area (Å²) in [5.41, 5.74) is 7.64. The van der Waals surface area contributed by atoms with Gasteiger partial charge in [0, 0.05) is 24.9 Å². The van der Waals surface area contributed by atoms with Gasteiger partial charge in [-0.2, -0.15) is 0 Å². The van der Waals surface area contributed by atoms with Crippen LogP contribution in [-0.2, 0) is 9.47 Å². The number of fused-ring (bicyclic) bond motifs is 1. The van der Waals surface area contributed by atoms with E-state index in [1.54, 1.807) is 25.1 Å². The highest BCUT2D eigenvalue weighted by molar-refractivity contribution is 7.99. The molecule has 0 saturated carbocycles. The molecule has 3 heterocycles. The summed E-state index contributed by atoms with van der Waals surface area (Å²) >= 11 is 1.14. The number of ether oxygens (including phenoxy) is 3. The molecule has 14 nitrogen and oxygen atoms in total. The highest BCUT2D eigenvalue weighted by Gasteiger charge is 2.45. The van der Waals surface area contributed by atoms with Gasteiger partial charge in [0.25, 0.3) is 0 Å². The number of aromatic nitrogens is 4. The Morgan fingerprint density at radius 3 is 2.63 bits per heavy atom. The Balaban J connectivity index is 1.49. The van der Waals surface area contributed by atoms with Crippen LogP contribution in [-0.4, -0.2) is 109 Å². The first-order valence-corrected chi connectivity index (χ1v) is 14.3. The second kappa shape index (κ2) is 13.6. The minimum absolute atomic E-state index is 0.0561. The molecule has 41 heavy (non-hydrogen) atoms. The first-order valence-electron chi connectivity index (χ1n) is 13.3. The summed E-state index contributed by atoms with van der Waals surface area (Å²) in [6.07, 6.45) is -4.49. The molecule has 224 valence electrons. The second-order valence-corrected chi connectivity index (χ2v) is 10.3. The number of rotatable bonds is 13. The van der Waals surface area contributed by atoms with Crippen molar-refractivity contribution in [3.05, 3.63) is 30.1 Å². The quantitative estimate of drug-likeness (QED) is 0.136. The molecule has 1 unspecified atom stereocenters. The Kier molecular flexibility index (Phi) is 10.2. The second-order valence-electron chi connectivity index (χ2n) is 9.27. The number of hydrogen-bond acceptors (Lipinski definition) is 14. The number of nitrogen functional groups attached to an aromatic ring is 1. The van der Waals surface area contributed by atoms with Crippen molar-refractivity contribution in [2.45, 2.75) is 56.6 Å². The van der Waals surface area contributed by atoms with Crippen LogP contribution in [0.1, 0.15) is 37.4 Å². The van der Waals surface area contributed by atoms with Gasteiger partial charge in [-0.25, -0.2) is 19.7 Å². The van der Waals surface area contributed by atoms with Crippen LogP contribution in [0.25, 0.3) is 11.2 Å². The molecule has 6 N–H and O–H groups in total. The molecular weight excluding hydrogens is 556 g/mol. The van der Waals surface area contributed by atoms with Crippen molar-refractivity contribution in [3.8, 4) is 5.75 Å². The van der Waals surface area contributed by atoms with Crippen LogP contribution in [0.2, 0.25) is 0 Å². The number of esters is 1. The van der Waals surface area contributed by atoms with Gasteiger partial charge in [-0.05, 0) is 32.9 Å². The molecule has 0 radical (unpaired) electrons. The Morgan fingerprint density at radius 1 is 1.22 bits per heavy atom. The smallest absolute Gasteiger partial charge is 0.340 e. The summed E-state index contributed by atoms with van der Waals surface area (Å²) in [6, 6.07) is 5.06. The highest BCUT2D eigenvalue weighted by Crippen LogP contribution is 2.36. The highest BCUT2D eigenvalue weighted by atomic mass is 32.2. The van der Waals surface area contributed by atoms with E-state index < -0.39 is 43.2 Å². The number of aliphatic hydroxyl groups excluding tert-OH is 4. The largest absolute Gasteiger partial charge is 0.491 e. The molecule has 5 atom stereocenters. The van der Waals surface area contributed by atoms with E-state index in [4.69, 9.17) is 19.9 Å². The van der Waals surface area contributed by atoms with E-state index in [1.807, 2.05) is 18.7 Å². The van der Waals surface area contributed by atoms with Crippen molar-refractivity contribution >= 4 is 40.4 Å². The first-order chi connectivity index (χ1) is 19.7. The molecule has 1 aliphatic rings. The fraction of sp³-hybridized carbons (Fsp3) is 0.538. The van der Waals surface area contributed by atoms with Crippen molar-refractivity contribution in [3.63, 3.8) is 0 Å². The molecular formula is C26H36N6O8S. The standard InChI is InChI=1S/C26H36N6O8S/c1-4-31(5-2)17-9-15(7-8-16(17)25(37)38-6-3)39-11-14(34)12-41-26-30-19-22(27)28-13-29-23(19)32(26)24-21(36)20(35)18(10-33)40-24/h7-9,13-14,18,20-21,24,33-36H,4-6,10-12H2,1-3H3,(H2,27,28,29)/t14?,18-,20-,21-,24-/m1/s1. The third-order valence-corrected chi connectivity index (χ3v) is 7.76. The van der Waals surface area contributed by atoms with Crippen LogP contribution in [0.4, 0.5) is 11.5 Å².